The highest BCUT2D eigenvalue weighted by molar-refractivity contribution is 8.00. The Hall–Kier alpha value is 0.270. The van der Waals surface area contributed by atoms with Crippen LogP contribution in [0.5, 0.6) is 0 Å². The highest BCUT2D eigenvalue weighted by Gasteiger charge is 2.17. The van der Waals surface area contributed by atoms with Crippen molar-refractivity contribution in [1.29, 1.82) is 0 Å². The summed E-state index contributed by atoms with van der Waals surface area (Å²) in [5.74, 6) is 1.34. The number of nitrogens with zero attached hydrogens (tertiary/aromatic N) is 1. The number of hydrogen-bond acceptors (Lipinski definition) is 3. The van der Waals surface area contributed by atoms with Gasteiger partial charge in [0.25, 0.3) is 0 Å². The SMILES string of the molecule is CCCNCCCCCN1CCSC(CC)C1. The van der Waals surface area contributed by atoms with E-state index in [4.69, 9.17) is 0 Å². The molecule has 0 bridgehead atoms. The van der Waals surface area contributed by atoms with Crippen LogP contribution >= 0.6 is 11.8 Å². The summed E-state index contributed by atoms with van der Waals surface area (Å²) in [6.45, 7) is 10.9. The third kappa shape index (κ3) is 7.32. The first kappa shape index (κ1) is 15.3. The minimum atomic E-state index is 0.898. The Bertz CT molecular complexity index is 176. The first-order valence-electron chi connectivity index (χ1n) is 7.41. The van der Waals surface area contributed by atoms with Gasteiger partial charge in [0.15, 0.2) is 0 Å². The summed E-state index contributed by atoms with van der Waals surface area (Å²) < 4.78 is 0. The van der Waals surface area contributed by atoms with Gasteiger partial charge in [0.1, 0.15) is 0 Å². The minimum Gasteiger partial charge on any atom is -0.317 e. The average Bonchev–Trinajstić information content (AvgIpc) is 2.38. The second kappa shape index (κ2) is 10.2. The molecule has 0 aromatic rings. The lowest BCUT2D eigenvalue weighted by atomic mass is 10.2. The molecule has 1 fully saturated rings. The molecule has 1 heterocycles. The molecule has 0 radical (unpaired) electrons. The molecule has 0 aliphatic carbocycles. The van der Waals surface area contributed by atoms with Crippen LogP contribution in [-0.2, 0) is 0 Å². The quantitative estimate of drug-likeness (QED) is 0.640. The van der Waals surface area contributed by atoms with Gasteiger partial charge in [-0.2, -0.15) is 11.8 Å². The van der Waals surface area contributed by atoms with E-state index in [1.807, 2.05) is 0 Å². The van der Waals surface area contributed by atoms with E-state index in [2.05, 4.69) is 35.8 Å². The van der Waals surface area contributed by atoms with Crippen molar-refractivity contribution in [3.63, 3.8) is 0 Å². The zero-order valence-corrected chi connectivity index (χ0v) is 12.5. The van der Waals surface area contributed by atoms with E-state index < -0.39 is 0 Å². The maximum atomic E-state index is 3.47. The smallest absolute Gasteiger partial charge is 0.0172 e. The zero-order valence-electron chi connectivity index (χ0n) is 11.7. The van der Waals surface area contributed by atoms with E-state index in [1.54, 1.807) is 0 Å². The highest BCUT2D eigenvalue weighted by atomic mass is 32.2. The van der Waals surface area contributed by atoms with Crippen LogP contribution in [0.1, 0.15) is 46.0 Å². The van der Waals surface area contributed by atoms with Gasteiger partial charge in [-0.25, -0.2) is 0 Å². The van der Waals surface area contributed by atoms with E-state index in [0.29, 0.717) is 0 Å². The Labute approximate surface area is 112 Å². The van der Waals surface area contributed by atoms with Crippen molar-refractivity contribution in [3.8, 4) is 0 Å². The molecule has 2 nitrogen and oxygen atoms in total. The van der Waals surface area contributed by atoms with Gasteiger partial charge in [0, 0.05) is 24.1 Å². The molecule has 0 aromatic heterocycles. The van der Waals surface area contributed by atoms with Crippen LogP contribution < -0.4 is 5.32 Å². The summed E-state index contributed by atoms with van der Waals surface area (Å²) in [5, 5.41) is 4.37. The van der Waals surface area contributed by atoms with Crippen molar-refractivity contribution < 1.29 is 0 Å². The fourth-order valence-electron chi connectivity index (χ4n) is 2.29. The maximum Gasteiger partial charge on any atom is 0.0172 e. The number of unbranched alkanes of at least 4 members (excludes halogenated alkanes) is 2. The Morgan fingerprint density at radius 1 is 1.18 bits per heavy atom. The largest absolute Gasteiger partial charge is 0.317 e. The number of rotatable bonds is 9. The maximum absolute atomic E-state index is 3.47. The number of thioether (sulfide) groups is 1. The molecule has 0 spiro atoms. The molecule has 0 saturated carbocycles. The second-order valence-electron chi connectivity index (χ2n) is 5.01. The lowest BCUT2D eigenvalue weighted by molar-refractivity contribution is 0.274. The van der Waals surface area contributed by atoms with E-state index >= 15 is 0 Å². The molecule has 1 rings (SSSR count). The van der Waals surface area contributed by atoms with E-state index in [9.17, 15) is 0 Å². The van der Waals surface area contributed by atoms with Gasteiger partial charge in [-0.3, -0.25) is 0 Å². The van der Waals surface area contributed by atoms with Crippen molar-refractivity contribution >= 4 is 11.8 Å². The van der Waals surface area contributed by atoms with Gasteiger partial charge in [0.2, 0.25) is 0 Å². The summed E-state index contributed by atoms with van der Waals surface area (Å²) >= 11 is 2.17. The van der Waals surface area contributed by atoms with Crippen LogP contribution in [0.3, 0.4) is 0 Å². The Balaban J connectivity index is 1.91. The predicted molar refractivity (Wildman–Crippen MR) is 80.0 cm³/mol. The molecule has 1 atom stereocenters. The van der Waals surface area contributed by atoms with E-state index in [-0.39, 0.29) is 0 Å². The van der Waals surface area contributed by atoms with E-state index in [1.165, 1.54) is 70.6 Å². The van der Waals surface area contributed by atoms with Crippen LogP contribution in [-0.4, -0.2) is 48.6 Å². The van der Waals surface area contributed by atoms with Crippen LogP contribution in [0.2, 0.25) is 0 Å². The summed E-state index contributed by atoms with van der Waals surface area (Å²) in [6.07, 6.45) is 6.71. The minimum absolute atomic E-state index is 0.898. The fourth-order valence-corrected chi connectivity index (χ4v) is 3.54. The molecule has 1 N–H and O–H groups in total. The van der Waals surface area contributed by atoms with Gasteiger partial charge in [-0.1, -0.05) is 20.3 Å². The summed E-state index contributed by atoms with van der Waals surface area (Å²) in [5.41, 5.74) is 0. The van der Waals surface area contributed by atoms with Crippen molar-refractivity contribution in [3.05, 3.63) is 0 Å². The Kier molecular flexibility index (Phi) is 9.21. The van der Waals surface area contributed by atoms with Crippen LogP contribution in [0.15, 0.2) is 0 Å². The third-order valence-corrected chi connectivity index (χ3v) is 4.81. The normalized spacial score (nSPS) is 21.9. The second-order valence-corrected chi connectivity index (χ2v) is 6.42. The molecule has 0 aromatic carbocycles. The van der Waals surface area contributed by atoms with Gasteiger partial charge < -0.3 is 10.2 Å². The van der Waals surface area contributed by atoms with Crippen molar-refractivity contribution in [1.82, 2.24) is 10.2 Å². The van der Waals surface area contributed by atoms with Gasteiger partial charge in [0.05, 0.1) is 0 Å². The summed E-state index contributed by atoms with van der Waals surface area (Å²) in [6, 6.07) is 0. The molecule has 1 saturated heterocycles. The lowest BCUT2D eigenvalue weighted by Gasteiger charge is -2.31. The molecular weight excluding hydrogens is 228 g/mol. The van der Waals surface area contributed by atoms with Gasteiger partial charge in [-0.15, -0.1) is 0 Å². The van der Waals surface area contributed by atoms with E-state index in [0.717, 1.165) is 5.25 Å². The standard InChI is InChI=1S/C14H30N2S/c1-3-8-15-9-6-5-7-10-16-11-12-17-14(4-2)13-16/h14-15H,3-13H2,1-2H3. The van der Waals surface area contributed by atoms with Gasteiger partial charge >= 0.3 is 0 Å². The number of nitrogens with one attached hydrogen (secondary N) is 1. The fraction of sp³-hybridized carbons (Fsp3) is 1.00. The monoisotopic (exact) mass is 258 g/mol. The third-order valence-electron chi connectivity index (χ3n) is 3.43. The van der Waals surface area contributed by atoms with Crippen LogP contribution in [0.4, 0.5) is 0 Å². The highest BCUT2D eigenvalue weighted by Crippen LogP contribution is 2.21. The molecule has 1 aliphatic heterocycles. The van der Waals surface area contributed by atoms with Crippen molar-refractivity contribution in [2.75, 3.05) is 38.5 Å². The molecular formula is C14H30N2S. The van der Waals surface area contributed by atoms with Crippen LogP contribution in [0, 0.1) is 0 Å². The topological polar surface area (TPSA) is 15.3 Å². The van der Waals surface area contributed by atoms with Crippen LogP contribution in [0.25, 0.3) is 0 Å². The molecule has 17 heavy (non-hydrogen) atoms. The summed E-state index contributed by atoms with van der Waals surface area (Å²) in [7, 11) is 0. The predicted octanol–water partition coefficient (Wildman–Crippen LogP) is 2.98. The molecule has 102 valence electrons. The van der Waals surface area contributed by atoms with Gasteiger partial charge in [-0.05, 0) is 45.3 Å². The first-order chi connectivity index (χ1) is 8.36. The molecule has 1 unspecified atom stereocenters. The van der Waals surface area contributed by atoms with Crippen molar-refractivity contribution in [2.24, 2.45) is 0 Å². The molecule has 0 amide bonds. The number of hydrogen-bond donors (Lipinski definition) is 1. The Morgan fingerprint density at radius 2 is 2.06 bits per heavy atom. The Morgan fingerprint density at radius 3 is 2.82 bits per heavy atom. The lowest BCUT2D eigenvalue weighted by Crippen LogP contribution is -2.38. The zero-order chi connectivity index (χ0) is 12.3. The molecule has 1 aliphatic rings. The summed E-state index contributed by atoms with van der Waals surface area (Å²) in [4.78, 5) is 2.67. The molecule has 3 heteroatoms. The first-order valence-corrected chi connectivity index (χ1v) is 8.46. The van der Waals surface area contributed by atoms with Crippen molar-refractivity contribution in [2.45, 2.75) is 51.2 Å². The average molecular weight is 258 g/mol.